The molecule has 1 aliphatic heterocycles. The maximum absolute atomic E-state index is 6.53. The summed E-state index contributed by atoms with van der Waals surface area (Å²) in [5, 5.41) is 10.4. The number of nitrogens with one attached hydrogen (secondary N) is 1. The first-order valence-electron chi connectivity index (χ1n) is 10.8. The molecule has 9 heteroatoms. The Morgan fingerprint density at radius 1 is 1.12 bits per heavy atom. The molecule has 166 valence electrons. The number of benzene rings is 1. The summed E-state index contributed by atoms with van der Waals surface area (Å²) in [6, 6.07) is 12.1. The molecule has 1 fully saturated rings. The molecule has 4 aromatic heterocycles. The summed E-state index contributed by atoms with van der Waals surface area (Å²) >= 11 is 1.65. The molecule has 0 bridgehead atoms. The van der Waals surface area contributed by atoms with Crippen LogP contribution in [0.4, 0.5) is 5.95 Å². The first kappa shape index (κ1) is 20.2. The molecule has 0 saturated carbocycles. The first-order chi connectivity index (χ1) is 16.3. The molecule has 5 aromatic rings. The maximum atomic E-state index is 6.53. The van der Waals surface area contributed by atoms with Crippen LogP contribution in [-0.2, 0) is 16.1 Å². The van der Waals surface area contributed by atoms with E-state index in [9.17, 15) is 0 Å². The molecule has 33 heavy (non-hydrogen) atoms. The van der Waals surface area contributed by atoms with Crippen molar-refractivity contribution >= 4 is 38.4 Å². The van der Waals surface area contributed by atoms with Gasteiger partial charge in [0, 0.05) is 24.3 Å². The van der Waals surface area contributed by atoms with Crippen LogP contribution in [0, 0.1) is 0 Å². The molecule has 1 N–H and O–H groups in total. The summed E-state index contributed by atoms with van der Waals surface area (Å²) in [5.74, 6) is 0.714. The van der Waals surface area contributed by atoms with E-state index in [-0.39, 0.29) is 12.2 Å². The van der Waals surface area contributed by atoms with Crippen molar-refractivity contribution in [2.75, 3.05) is 24.6 Å². The topological polar surface area (TPSA) is 89.1 Å². The number of anilines is 1. The van der Waals surface area contributed by atoms with Crippen LogP contribution < -0.4 is 4.90 Å². The number of thiophene rings is 1. The molecule has 5 heterocycles. The number of morpholine rings is 1. The largest absolute Gasteiger partial charge is 0.374 e. The van der Waals surface area contributed by atoms with Crippen molar-refractivity contribution in [2.24, 2.45) is 0 Å². The van der Waals surface area contributed by atoms with Gasteiger partial charge in [-0.3, -0.25) is 10.1 Å². The quantitative estimate of drug-likeness (QED) is 0.409. The van der Waals surface area contributed by atoms with Gasteiger partial charge in [0.05, 0.1) is 54.0 Å². The molecule has 0 amide bonds. The minimum Gasteiger partial charge on any atom is -0.374 e. The van der Waals surface area contributed by atoms with E-state index >= 15 is 0 Å². The van der Waals surface area contributed by atoms with Gasteiger partial charge < -0.3 is 14.4 Å². The summed E-state index contributed by atoms with van der Waals surface area (Å²) in [4.78, 5) is 15.8. The van der Waals surface area contributed by atoms with E-state index in [0.717, 1.165) is 32.2 Å². The first-order valence-corrected chi connectivity index (χ1v) is 11.7. The van der Waals surface area contributed by atoms with E-state index in [2.05, 4.69) is 31.1 Å². The zero-order valence-corrected chi connectivity index (χ0v) is 18.6. The highest BCUT2D eigenvalue weighted by molar-refractivity contribution is 7.17. The second-order valence-corrected chi connectivity index (χ2v) is 8.99. The molecule has 6 rings (SSSR count). The Morgan fingerprint density at radius 2 is 2.12 bits per heavy atom. The van der Waals surface area contributed by atoms with E-state index < -0.39 is 0 Å². The third-order valence-corrected chi connectivity index (χ3v) is 6.64. The van der Waals surface area contributed by atoms with Crippen LogP contribution in [0.1, 0.15) is 17.2 Å². The Hall–Kier alpha value is -3.40. The van der Waals surface area contributed by atoms with Crippen molar-refractivity contribution in [1.29, 1.82) is 0 Å². The number of rotatable bonds is 6. The number of nitrogens with zero attached hydrogens (tertiary/aromatic N) is 5. The lowest BCUT2D eigenvalue weighted by molar-refractivity contribution is -0.0717. The van der Waals surface area contributed by atoms with Crippen molar-refractivity contribution < 1.29 is 9.47 Å². The fourth-order valence-corrected chi connectivity index (χ4v) is 4.93. The Kier molecular flexibility index (Phi) is 5.43. The van der Waals surface area contributed by atoms with Crippen molar-refractivity contribution in [2.45, 2.75) is 18.8 Å². The molecule has 0 spiro atoms. The molecule has 2 atom stereocenters. The second kappa shape index (κ2) is 8.86. The number of hydrogen-bond donors (Lipinski definition) is 1. The van der Waals surface area contributed by atoms with Gasteiger partial charge in [-0.05, 0) is 34.7 Å². The monoisotopic (exact) mass is 458 g/mol. The highest BCUT2D eigenvalue weighted by Gasteiger charge is 2.31. The van der Waals surface area contributed by atoms with Crippen molar-refractivity contribution in [3.8, 4) is 0 Å². The molecular weight excluding hydrogens is 436 g/mol. The number of ether oxygens (including phenoxy) is 2. The number of hydrogen-bond acceptors (Lipinski definition) is 8. The SMILES string of the molecule is c1cncc(COCC2CN(c3ncc4sccc4n3)CC(c3cccc4[nH]ncc34)O2)c1. The van der Waals surface area contributed by atoms with Gasteiger partial charge in [-0.15, -0.1) is 11.3 Å². The summed E-state index contributed by atoms with van der Waals surface area (Å²) in [6.45, 7) is 2.26. The molecule has 2 unspecified atom stereocenters. The van der Waals surface area contributed by atoms with E-state index in [1.807, 2.05) is 54.3 Å². The lowest BCUT2D eigenvalue weighted by atomic mass is 10.0. The van der Waals surface area contributed by atoms with E-state index in [0.29, 0.717) is 32.3 Å². The zero-order chi connectivity index (χ0) is 22.0. The summed E-state index contributed by atoms with van der Waals surface area (Å²) < 4.78 is 13.6. The van der Waals surface area contributed by atoms with Crippen LogP contribution in [0.25, 0.3) is 21.1 Å². The molecule has 8 nitrogen and oxygen atoms in total. The number of aromatic amines is 1. The van der Waals surface area contributed by atoms with Crippen molar-refractivity contribution in [3.05, 3.63) is 77.7 Å². The molecule has 1 aliphatic rings. The van der Waals surface area contributed by atoms with E-state index in [1.54, 1.807) is 17.5 Å². The Bertz CT molecular complexity index is 1370. The number of pyridine rings is 1. The van der Waals surface area contributed by atoms with Crippen molar-refractivity contribution in [3.63, 3.8) is 0 Å². The predicted octanol–water partition coefficient (Wildman–Crippen LogP) is 4.13. The average molecular weight is 459 g/mol. The van der Waals surface area contributed by atoms with Crippen molar-refractivity contribution in [1.82, 2.24) is 25.1 Å². The second-order valence-electron chi connectivity index (χ2n) is 8.05. The van der Waals surface area contributed by atoms with Gasteiger partial charge in [-0.25, -0.2) is 9.97 Å². The van der Waals surface area contributed by atoms with Gasteiger partial charge in [-0.1, -0.05) is 18.2 Å². The van der Waals surface area contributed by atoms with Gasteiger partial charge in [0.25, 0.3) is 0 Å². The molecular formula is C24H22N6O2S. The average Bonchev–Trinajstić information content (AvgIpc) is 3.53. The maximum Gasteiger partial charge on any atom is 0.226 e. The predicted molar refractivity (Wildman–Crippen MR) is 127 cm³/mol. The van der Waals surface area contributed by atoms with Gasteiger partial charge in [0.2, 0.25) is 5.95 Å². The Morgan fingerprint density at radius 3 is 3.06 bits per heavy atom. The Balaban J connectivity index is 1.27. The molecule has 0 aliphatic carbocycles. The standard InChI is InChI=1S/C24H22N6O2S/c1-4-18(19-10-27-29-20(19)5-1)22-13-30(24-26-11-23-21(28-24)6-8-33-23)12-17(32-22)15-31-14-16-3-2-7-25-9-16/h1-11,17,22H,12-15H2,(H,27,29). The van der Waals surface area contributed by atoms with Crippen LogP contribution in [-0.4, -0.2) is 50.9 Å². The summed E-state index contributed by atoms with van der Waals surface area (Å²) in [5.41, 5.74) is 4.10. The molecule has 1 saturated heterocycles. The smallest absolute Gasteiger partial charge is 0.226 e. The van der Waals surface area contributed by atoms with Crippen LogP contribution >= 0.6 is 11.3 Å². The highest BCUT2D eigenvalue weighted by Crippen LogP contribution is 2.32. The number of aromatic nitrogens is 5. The summed E-state index contributed by atoms with van der Waals surface area (Å²) in [7, 11) is 0. The van der Waals surface area contributed by atoms with E-state index in [4.69, 9.17) is 14.5 Å². The van der Waals surface area contributed by atoms with Crippen LogP contribution in [0.15, 0.2) is 66.6 Å². The third-order valence-electron chi connectivity index (χ3n) is 5.80. The van der Waals surface area contributed by atoms with Gasteiger partial charge in [-0.2, -0.15) is 5.10 Å². The molecule has 0 radical (unpaired) electrons. The number of fused-ring (bicyclic) bond motifs is 2. The number of H-pyrrole nitrogens is 1. The van der Waals surface area contributed by atoms with Gasteiger partial charge in [0.15, 0.2) is 0 Å². The van der Waals surface area contributed by atoms with E-state index in [1.165, 1.54) is 0 Å². The normalized spacial score (nSPS) is 18.8. The van der Waals surface area contributed by atoms with Crippen LogP contribution in [0.2, 0.25) is 0 Å². The fourth-order valence-electron chi connectivity index (χ4n) is 4.24. The highest BCUT2D eigenvalue weighted by atomic mass is 32.1. The van der Waals surface area contributed by atoms with Gasteiger partial charge in [0.1, 0.15) is 6.10 Å². The lowest BCUT2D eigenvalue weighted by Gasteiger charge is -2.38. The minimum atomic E-state index is -0.159. The third kappa shape index (κ3) is 4.18. The van der Waals surface area contributed by atoms with Crippen LogP contribution in [0.5, 0.6) is 0 Å². The Labute approximate surface area is 194 Å². The van der Waals surface area contributed by atoms with Gasteiger partial charge >= 0.3 is 0 Å². The lowest BCUT2D eigenvalue weighted by Crippen LogP contribution is -2.46. The zero-order valence-electron chi connectivity index (χ0n) is 17.8. The van der Waals surface area contributed by atoms with Crippen LogP contribution in [0.3, 0.4) is 0 Å². The minimum absolute atomic E-state index is 0.135. The summed E-state index contributed by atoms with van der Waals surface area (Å²) in [6.07, 6.45) is 7.04. The molecule has 1 aromatic carbocycles. The fraction of sp³-hybridized carbons (Fsp3) is 0.250.